The van der Waals surface area contributed by atoms with E-state index in [-0.39, 0.29) is 5.75 Å². The second-order valence-electron chi connectivity index (χ2n) is 7.05. The molecule has 144 valence electrons. The average molecular weight is 375 g/mol. The van der Waals surface area contributed by atoms with Crippen LogP contribution in [0.25, 0.3) is 5.69 Å². The Hall–Kier alpha value is -3.05. The smallest absolute Gasteiger partial charge is 0.115 e. The predicted octanol–water partition coefficient (Wildman–Crippen LogP) is 4.39. The van der Waals surface area contributed by atoms with Gasteiger partial charge in [0.05, 0.1) is 18.9 Å². The second kappa shape index (κ2) is 7.90. The number of aromatic nitrogens is 1. The highest BCUT2D eigenvalue weighted by molar-refractivity contribution is 5.84. The van der Waals surface area contributed by atoms with Crippen LogP contribution in [-0.2, 0) is 4.74 Å². The summed E-state index contributed by atoms with van der Waals surface area (Å²) in [6.45, 7) is 7.61. The lowest BCUT2D eigenvalue weighted by atomic mass is 10.2. The molecule has 1 fully saturated rings. The molecule has 0 radical (unpaired) electrons. The topological polar surface area (TPSA) is 50.0 Å². The number of ether oxygens (including phenoxy) is 1. The molecule has 5 heteroatoms. The molecule has 1 N–H and O–H groups in total. The number of phenols is 1. The summed E-state index contributed by atoms with van der Waals surface area (Å²) >= 11 is 0. The molecule has 1 aliphatic heterocycles. The Balaban J connectivity index is 1.53. The quantitative estimate of drug-likeness (QED) is 0.688. The molecular weight excluding hydrogens is 350 g/mol. The van der Waals surface area contributed by atoms with Crippen LogP contribution >= 0.6 is 0 Å². The van der Waals surface area contributed by atoms with Crippen LogP contribution in [-0.4, -0.2) is 42.2 Å². The highest BCUT2D eigenvalue weighted by Gasteiger charge is 2.11. The summed E-state index contributed by atoms with van der Waals surface area (Å²) in [6, 6.07) is 17.7. The van der Waals surface area contributed by atoms with Crippen LogP contribution in [0.1, 0.15) is 17.0 Å². The van der Waals surface area contributed by atoms with Gasteiger partial charge in [0.1, 0.15) is 5.75 Å². The SMILES string of the molecule is Cc1cc(C=Nc2ccc(N3CCOCC3)cc2)c(C)n1-c1ccc(O)cc1. The van der Waals surface area contributed by atoms with Gasteiger partial charge in [0.15, 0.2) is 0 Å². The van der Waals surface area contributed by atoms with Gasteiger partial charge >= 0.3 is 0 Å². The molecule has 2 heterocycles. The molecule has 4 rings (SSSR count). The minimum absolute atomic E-state index is 0.272. The number of phenolic OH excluding ortho intramolecular Hbond substituents is 1. The minimum Gasteiger partial charge on any atom is -0.508 e. The molecule has 1 aromatic heterocycles. The van der Waals surface area contributed by atoms with Crippen LogP contribution < -0.4 is 4.90 Å². The summed E-state index contributed by atoms with van der Waals surface area (Å²) in [6.07, 6.45) is 1.92. The number of anilines is 1. The lowest BCUT2D eigenvalue weighted by Gasteiger charge is -2.28. The van der Waals surface area contributed by atoms with Crippen molar-refractivity contribution in [1.29, 1.82) is 0 Å². The van der Waals surface area contributed by atoms with Crippen LogP contribution in [0.2, 0.25) is 0 Å². The third kappa shape index (κ3) is 3.80. The van der Waals surface area contributed by atoms with Crippen molar-refractivity contribution in [1.82, 2.24) is 4.57 Å². The fourth-order valence-electron chi connectivity index (χ4n) is 3.63. The maximum absolute atomic E-state index is 9.52. The first kappa shape index (κ1) is 18.3. The van der Waals surface area contributed by atoms with Crippen molar-refractivity contribution < 1.29 is 9.84 Å². The predicted molar refractivity (Wildman–Crippen MR) is 114 cm³/mol. The number of hydrogen-bond donors (Lipinski definition) is 1. The maximum atomic E-state index is 9.52. The van der Waals surface area contributed by atoms with E-state index >= 15 is 0 Å². The minimum atomic E-state index is 0.272. The summed E-state index contributed by atoms with van der Waals surface area (Å²) in [7, 11) is 0. The Morgan fingerprint density at radius 2 is 1.57 bits per heavy atom. The van der Waals surface area contributed by atoms with Gasteiger partial charge in [-0.3, -0.25) is 4.99 Å². The molecule has 0 spiro atoms. The summed E-state index contributed by atoms with van der Waals surface area (Å²) < 4.78 is 7.58. The lowest BCUT2D eigenvalue weighted by Crippen LogP contribution is -2.36. The van der Waals surface area contributed by atoms with E-state index in [1.54, 1.807) is 12.1 Å². The molecule has 0 amide bonds. The molecule has 0 atom stereocenters. The van der Waals surface area contributed by atoms with E-state index < -0.39 is 0 Å². The molecule has 0 aliphatic carbocycles. The third-order valence-electron chi connectivity index (χ3n) is 5.16. The molecule has 28 heavy (non-hydrogen) atoms. The zero-order valence-electron chi connectivity index (χ0n) is 16.3. The first-order chi connectivity index (χ1) is 13.6. The Morgan fingerprint density at radius 1 is 0.929 bits per heavy atom. The number of rotatable bonds is 4. The maximum Gasteiger partial charge on any atom is 0.115 e. The van der Waals surface area contributed by atoms with Crippen LogP contribution in [0, 0.1) is 13.8 Å². The largest absolute Gasteiger partial charge is 0.508 e. The van der Waals surface area contributed by atoms with E-state index in [1.165, 1.54) is 5.69 Å². The van der Waals surface area contributed by atoms with E-state index in [0.29, 0.717) is 0 Å². The first-order valence-corrected chi connectivity index (χ1v) is 9.57. The van der Waals surface area contributed by atoms with Gasteiger partial charge in [-0.05, 0) is 68.4 Å². The number of aromatic hydroxyl groups is 1. The van der Waals surface area contributed by atoms with Crippen molar-refractivity contribution in [3.05, 3.63) is 71.5 Å². The Bertz CT molecular complexity index is 966. The molecular formula is C23H25N3O2. The van der Waals surface area contributed by atoms with Crippen molar-refractivity contribution in [3.8, 4) is 11.4 Å². The number of aryl methyl sites for hydroxylation is 1. The fourth-order valence-corrected chi connectivity index (χ4v) is 3.63. The van der Waals surface area contributed by atoms with Crippen molar-refractivity contribution in [2.24, 2.45) is 4.99 Å². The third-order valence-corrected chi connectivity index (χ3v) is 5.16. The van der Waals surface area contributed by atoms with Crippen molar-refractivity contribution in [2.75, 3.05) is 31.2 Å². The standard InChI is InChI=1S/C23H25N3O2/c1-17-15-19(18(2)26(17)22-7-9-23(27)10-8-22)16-24-20-3-5-21(6-4-20)25-11-13-28-14-12-25/h3-10,15-16,27H,11-14H2,1-2H3. The molecule has 0 saturated carbocycles. The van der Waals surface area contributed by atoms with Gasteiger partial charge < -0.3 is 19.3 Å². The normalized spacial score (nSPS) is 14.7. The molecule has 0 unspecified atom stereocenters. The van der Waals surface area contributed by atoms with E-state index in [9.17, 15) is 5.11 Å². The highest BCUT2D eigenvalue weighted by Crippen LogP contribution is 2.23. The Kier molecular flexibility index (Phi) is 5.17. The van der Waals surface area contributed by atoms with E-state index in [4.69, 9.17) is 4.74 Å². The van der Waals surface area contributed by atoms with E-state index in [0.717, 1.165) is 54.6 Å². The van der Waals surface area contributed by atoms with Crippen molar-refractivity contribution in [3.63, 3.8) is 0 Å². The van der Waals surface area contributed by atoms with Crippen LogP contribution in [0.5, 0.6) is 5.75 Å². The first-order valence-electron chi connectivity index (χ1n) is 9.57. The number of morpholine rings is 1. The molecule has 3 aromatic rings. The zero-order chi connectivity index (χ0) is 19.5. The van der Waals surface area contributed by atoms with Crippen LogP contribution in [0.4, 0.5) is 11.4 Å². The summed E-state index contributed by atoms with van der Waals surface area (Å²) in [5.41, 5.74) is 6.52. The van der Waals surface area contributed by atoms with Crippen LogP contribution in [0.3, 0.4) is 0 Å². The van der Waals surface area contributed by atoms with Gasteiger partial charge in [-0.1, -0.05) is 0 Å². The Morgan fingerprint density at radius 3 is 2.25 bits per heavy atom. The highest BCUT2D eigenvalue weighted by atomic mass is 16.5. The lowest BCUT2D eigenvalue weighted by molar-refractivity contribution is 0.122. The molecule has 1 aliphatic rings. The van der Waals surface area contributed by atoms with Gasteiger partial charge in [0, 0.05) is 47.6 Å². The van der Waals surface area contributed by atoms with Gasteiger partial charge in [-0.25, -0.2) is 0 Å². The number of aliphatic imine (C=N–C) groups is 1. The number of hydrogen-bond acceptors (Lipinski definition) is 4. The second-order valence-corrected chi connectivity index (χ2v) is 7.05. The van der Waals surface area contributed by atoms with E-state index in [1.807, 2.05) is 18.3 Å². The van der Waals surface area contributed by atoms with Crippen molar-refractivity contribution in [2.45, 2.75) is 13.8 Å². The van der Waals surface area contributed by atoms with Crippen LogP contribution in [0.15, 0.2) is 59.6 Å². The van der Waals surface area contributed by atoms with Crippen molar-refractivity contribution >= 4 is 17.6 Å². The monoisotopic (exact) mass is 375 g/mol. The summed E-state index contributed by atoms with van der Waals surface area (Å²) in [5, 5.41) is 9.52. The average Bonchev–Trinajstić information content (AvgIpc) is 3.01. The van der Waals surface area contributed by atoms with Gasteiger partial charge in [0.25, 0.3) is 0 Å². The summed E-state index contributed by atoms with van der Waals surface area (Å²) in [4.78, 5) is 7.00. The molecule has 0 bridgehead atoms. The van der Waals surface area contributed by atoms with Gasteiger partial charge in [-0.2, -0.15) is 0 Å². The Labute approximate surface area is 165 Å². The molecule has 1 saturated heterocycles. The van der Waals surface area contributed by atoms with Gasteiger partial charge in [0.2, 0.25) is 0 Å². The fraction of sp³-hybridized carbons (Fsp3) is 0.261. The summed E-state index contributed by atoms with van der Waals surface area (Å²) in [5.74, 6) is 0.272. The molecule has 2 aromatic carbocycles. The number of nitrogens with zero attached hydrogens (tertiary/aromatic N) is 3. The number of benzene rings is 2. The van der Waals surface area contributed by atoms with Gasteiger partial charge in [-0.15, -0.1) is 0 Å². The zero-order valence-corrected chi connectivity index (χ0v) is 16.3. The van der Waals surface area contributed by atoms with E-state index in [2.05, 4.69) is 58.6 Å². The molecule has 5 nitrogen and oxygen atoms in total.